The van der Waals surface area contributed by atoms with E-state index in [9.17, 15) is 4.39 Å². The molecule has 0 N–H and O–H groups in total. The predicted molar refractivity (Wildman–Crippen MR) is 52.7 cm³/mol. The highest BCUT2D eigenvalue weighted by atomic mass is 79.9. The van der Waals surface area contributed by atoms with E-state index in [-0.39, 0.29) is 11.7 Å². The van der Waals surface area contributed by atoms with Gasteiger partial charge in [-0.25, -0.2) is 4.39 Å². The van der Waals surface area contributed by atoms with Crippen LogP contribution in [0.15, 0.2) is 35.3 Å². The maximum Gasteiger partial charge on any atom is 0.137 e. The van der Waals surface area contributed by atoms with Gasteiger partial charge in [0, 0.05) is 0 Å². The van der Waals surface area contributed by atoms with Crippen LogP contribution in [0.3, 0.4) is 0 Å². The lowest BCUT2D eigenvalue weighted by atomic mass is 10.0. The van der Waals surface area contributed by atoms with Gasteiger partial charge in [-0.15, -0.1) is 6.58 Å². The Bertz CT molecular complexity index is 294. The number of hydrogen-bond donors (Lipinski definition) is 0. The van der Waals surface area contributed by atoms with Gasteiger partial charge in [0.25, 0.3) is 0 Å². The van der Waals surface area contributed by atoms with Crippen LogP contribution in [0.1, 0.15) is 18.4 Å². The number of hydrogen-bond acceptors (Lipinski definition) is 0. The van der Waals surface area contributed by atoms with E-state index in [0.29, 0.717) is 4.47 Å². The number of benzene rings is 1. The first-order valence-corrected chi connectivity index (χ1v) is 4.52. The summed E-state index contributed by atoms with van der Waals surface area (Å²) < 4.78 is 13.5. The van der Waals surface area contributed by atoms with E-state index in [1.807, 2.05) is 13.0 Å². The second kappa shape index (κ2) is 3.85. The van der Waals surface area contributed by atoms with Crippen LogP contribution in [-0.4, -0.2) is 0 Å². The number of halogens is 2. The number of allylic oxidation sites excluding steroid dienone is 1. The molecule has 0 saturated heterocycles. The van der Waals surface area contributed by atoms with Crippen molar-refractivity contribution in [3.05, 3.63) is 46.7 Å². The molecule has 1 unspecified atom stereocenters. The predicted octanol–water partition coefficient (Wildman–Crippen LogP) is 3.88. The molecule has 64 valence electrons. The van der Waals surface area contributed by atoms with Crippen LogP contribution < -0.4 is 0 Å². The Kier molecular flexibility index (Phi) is 3.04. The molecule has 0 fully saturated rings. The summed E-state index contributed by atoms with van der Waals surface area (Å²) in [5.41, 5.74) is 0.950. The summed E-state index contributed by atoms with van der Waals surface area (Å²) in [6.45, 7) is 5.64. The molecule has 0 aromatic heterocycles. The van der Waals surface area contributed by atoms with Crippen LogP contribution in [0.5, 0.6) is 0 Å². The van der Waals surface area contributed by atoms with Crippen molar-refractivity contribution in [2.45, 2.75) is 12.8 Å². The molecule has 1 aromatic carbocycles. The van der Waals surface area contributed by atoms with E-state index < -0.39 is 0 Å². The zero-order valence-electron chi connectivity index (χ0n) is 6.85. The molecule has 0 aliphatic rings. The summed E-state index contributed by atoms with van der Waals surface area (Å²) in [6, 6.07) is 5.13. The Morgan fingerprint density at radius 2 is 2.25 bits per heavy atom. The summed E-state index contributed by atoms with van der Waals surface area (Å²) in [6.07, 6.45) is 1.79. The first kappa shape index (κ1) is 9.46. The average molecular weight is 229 g/mol. The fraction of sp³-hybridized carbons (Fsp3) is 0.200. The zero-order valence-corrected chi connectivity index (χ0v) is 8.44. The first-order valence-electron chi connectivity index (χ1n) is 3.72. The Balaban J connectivity index is 3.04. The molecule has 0 saturated carbocycles. The molecular weight excluding hydrogens is 219 g/mol. The van der Waals surface area contributed by atoms with E-state index in [4.69, 9.17) is 0 Å². The van der Waals surface area contributed by atoms with Gasteiger partial charge < -0.3 is 0 Å². The van der Waals surface area contributed by atoms with Crippen molar-refractivity contribution in [1.29, 1.82) is 0 Å². The number of rotatable bonds is 2. The third-order valence-corrected chi connectivity index (χ3v) is 2.47. The summed E-state index contributed by atoms with van der Waals surface area (Å²) in [5.74, 6) is -0.0196. The maximum absolute atomic E-state index is 13.0. The van der Waals surface area contributed by atoms with Crippen LogP contribution in [0.4, 0.5) is 4.39 Å². The van der Waals surface area contributed by atoms with Crippen LogP contribution in [-0.2, 0) is 0 Å². The van der Waals surface area contributed by atoms with E-state index in [2.05, 4.69) is 22.5 Å². The van der Waals surface area contributed by atoms with Crippen molar-refractivity contribution in [3.8, 4) is 0 Å². The zero-order chi connectivity index (χ0) is 9.14. The van der Waals surface area contributed by atoms with Crippen molar-refractivity contribution >= 4 is 15.9 Å². The van der Waals surface area contributed by atoms with Crippen molar-refractivity contribution in [3.63, 3.8) is 0 Å². The van der Waals surface area contributed by atoms with Crippen molar-refractivity contribution in [2.75, 3.05) is 0 Å². The molecule has 1 aromatic rings. The normalized spacial score (nSPS) is 12.6. The topological polar surface area (TPSA) is 0 Å². The minimum Gasteiger partial charge on any atom is -0.206 e. The summed E-state index contributed by atoms with van der Waals surface area (Å²) in [4.78, 5) is 0. The van der Waals surface area contributed by atoms with E-state index in [1.165, 1.54) is 6.07 Å². The van der Waals surface area contributed by atoms with Gasteiger partial charge in [-0.1, -0.05) is 19.1 Å². The van der Waals surface area contributed by atoms with Gasteiger partial charge in [-0.2, -0.15) is 0 Å². The molecule has 0 heterocycles. The molecular formula is C10H10BrF. The fourth-order valence-electron chi connectivity index (χ4n) is 0.932. The highest BCUT2D eigenvalue weighted by Crippen LogP contribution is 2.21. The van der Waals surface area contributed by atoms with E-state index in [1.54, 1.807) is 12.1 Å². The van der Waals surface area contributed by atoms with E-state index in [0.717, 1.165) is 5.56 Å². The highest BCUT2D eigenvalue weighted by molar-refractivity contribution is 9.10. The van der Waals surface area contributed by atoms with Gasteiger partial charge in [0.15, 0.2) is 0 Å². The second-order valence-corrected chi connectivity index (χ2v) is 3.55. The minimum absolute atomic E-state index is 0.201. The SMILES string of the molecule is C=CC(C)c1ccc(Br)c(F)c1. The summed E-state index contributed by atoms with van der Waals surface area (Å²) >= 11 is 3.10. The smallest absolute Gasteiger partial charge is 0.137 e. The lowest BCUT2D eigenvalue weighted by Crippen LogP contribution is -1.89. The lowest BCUT2D eigenvalue weighted by Gasteiger charge is -2.06. The van der Waals surface area contributed by atoms with Gasteiger partial charge in [-0.3, -0.25) is 0 Å². The Labute approximate surface area is 80.2 Å². The van der Waals surface area contributed by atoms with Crippen molar-refractivity contribution in [2.24, 2.45) is 0 Å². The summed E-state index contributed by atoms with van der Waals surface area (Å²) in [7, 11) is 0. The highest BCUT2D eigenvalue weighted by Gasteiger charge is 2.04. The third-order valence-electron chi connectivity index (χ3n) is 1.82. The van der Waals surface area contributed by atoms with Gasteiger partial charge in [0.05, 0.1) is 4.47 Å². The molecule has 0 aliphatic carbocycles. The van der Waals surface area contributed by atoms with E-state index >= 15 is 0 Å². The monoisotopic (exact) mass is 228 g/mol. The fourth-order valence-corrected chi connectivity index (χ4v) is 1.18. The van der Waals surface area contributed by atoms with Gasteiger partial charge >= 0.3 is 0 Å². The molecule has 0 aliphatic heterocycles. The van der Waals surface area contributed by atoms with Gasteiger partial charge in [0.1, 0.15) is 5.82 Å². The lowest BCUT2D eigenvalue weighted by molar-refractivity contribution is 0.618. The molecule has 1 rings (SSSR count). The van der Waals surface area contributed by atoms with Crippen molar-refractivity contribution < 1.29 is 4.39 Å². The molecule has 0 radical (unpaired) electrons. The van der Waals surface area contributed by atoms with Crippen LogP contribution >= 0.6 is 15.9 Å². The molecule has 1 atom stereocenters. The van der Waals surface area contributed by atoms with Crippen LogP contribution in [0, 0.1) is 5.82 Å². The quantitative estimate of drug-likeness (QED) is 0.675. The largest absolute Gasteiger partial charge is 0.206 e. The summed E-state index contributed by atoms with van der Waals surface area (Å²) in [5, 5.41) is 0. The molecule has 0 spiro atoms. The minimum atomic E-state index is -0.221. The second-order valence-electron chi connectivity index (χ2n) is 2.70. The Hall–Kier alpha value is -0.630. The maximum atomic E-state index is 13.0. The van der Waals surface area contributed by atoms with Gasteiger partial charge in [-0.05, 0) is 39.5 Å². The Morgan fingerprint density at radius 1 is 1.58 bits per heavy atom. The van der Waals surface area contributed by atoms with Crippen molar-refractivity contribution in [1.82, 2.24) is 0 Å². The molecule has 2 heteroatoms. The molecule has 0 amide bonds. The van der Waals surface area contributed by atoms with Gasteiger partial charge in [0.2, 0.25) is 0 Å². The Morgan fingerprint density at radius 3 is 2.75 bits per heavy atom. The first-order chi connectivity index (χ1) is 5.65. The third kappa shape index (κ3) is 1.95. The van der Waals surface area contributed by atoms with Crippen LogP contribution in [0.25, 0.3) is 0 Å². The molecule has 0 nitrogen and oxygen atoms in total. The van der Waals surface area contributed by atoms with Crippen LogP contribution in [0.2, 0.25) is 0 Å². The average Bonchev–Trinajstić information content (AvgIpc) is 2.08. The standard InChI is InChI=1S/C10H10BrF/c1-3-7(2)8-4-5-9(11)10(12)6-8/h3-7H,1H2,2H3. The molecule has 0 bridgehead atoms. The molecule has 12 heavy (non-hydrogen) atoms.